The van der Waals surface area contributed by atoms with Gasteiger partial charge in [-0.1, -0.05) is 0 Å². The Hall–Kier alpha value is -0.310. The lowest BCUT2D eigenvalue weighted by Crippen LogP contribution is -2.01. The zero-order chi connectivity index (χ0) is 8.43. The van der Waals surface area contributed by atoms with Gasteiger partial charge in [0.15, 0.2) is 5.78 Å². The molecule has 0 bridgehead atoms. The molecule has 1 aromatic heterocycles. The quantitative estimate of drug-likeness (QED) is 0.560. The van der Waals surface area contributed by atoms with Gasteiger partial charge in [-0.15, -0.1) is 20.6 Å². The third-order valence-corrected chi connectivity index (χ3v) is 2.67. The second kappa shape index (κ2) is 3.39. The predicted molar refractivity (Wildman–Crippen MR) is 48.8 cm³/mol. The largest absolute Gasteiger partial charge is 0.319 e. The zero-order valence-electron chi connectivity index (χ0n) is 6.07. The molecule has 0 saturated carbocycles. The first-order valence-corrected chi connectivity index (χ1v) is 4.63. The second-order valence-electron chi connectivity index (χ2n) is 2.15. The number of aromatic nitrogens is 1. The maximum Gasteiger partial charge on any atom is 0.178 e. The van der Waals surface area contributed by atoms with Crippen LogP contribution in [0.3, 0.4) is 0 Å². The molecule has 0 saturated heterocycles. The van der Waals surface area contributed by atoms with Crippen LogP contribution < -0.4 is 5.73 Å². The Bertz CT molecular complexity index is 271. The molecular formula is C6H9N2OPS. The van der Waals surface area contributed by atoms with E-state index in [4.69, 9.17) is 5.73 Å². The molecule has 2 atom stereocenters. The molecule has 0 aliphatic heterocycles. The number of rotatable bonds is 2. The molecule has 0 spiro atoms. The van der Waals surface area contributed by atoms with Gasteiger partial charge in [0.2, 0.25) is 0 Å². The van der Waals surface area contributed by atoms with Crippen molar-refractivity contribution >= 4 is 26.4 Å². The number of nitrogens with two attached hydrogens (primary N) is 1. The van der Waals surface area contributed by atoms with Crippen LogP contribution in [0, 0.1) is 0 Å². The molecule has 0 aliphatic rings. The minimum absolute atomic E-state index is 0.0156. The summed E-state index contributed by atoms with van der Waals surface area (Å²) in [7, 11) is 2.43. The lowest BCUT2D eigenvalue weighted by Gasteiger charge is -1.95. The van der Waals surface area contributed by atoms with Crippen LogP contribution in [0.25, 0.3) is 0 Å². The molecule has 0 radical (unpaired) electrons. The van der Waals surface area contributed by atoms with Gasteiger partial charge in [-0.3, -0.25) is 4.79 Å². The predicted octanol–water partition coefficient (Wildman–Crippen LogP) is 1.18. The number of hydrogen-bond acceptors (Lipinski definition) is 4. The molecule has 60 valence electrons. The highest BCUT2D eigenvalue weighted by Gasteiger charge is 2.08. The van der Waals surface area contributed by atoms with Crippen LogP contribution in [0.1, 0.15) is 28.2 Å². The molecule has 3 nitrogen and oxygen atoms in total. The third-order valence-electron chi connectivity index (χ3n) is 1.17. The summed E-state index contributed by atoms with van der Waals surface area (Å²) in [6.07, 6.45) is 0. The van der Waals surface area contributed by atoms with Gasteiger partial charge in [0, 0.05) is 12.3 Å². The standard InChI is InChI=1S/C6H9N2OPS/c1-3(9)4-2-11-6(8-4)5(7)10/h2,5H,7,10H2,1H3/t5-/m1/s1. The van der Waals surface area contributed by atoms with Crippen molar-refractivity contribution in [2.24, 2.45) is 5.73 Å². The zero-order valence-corrected chi connectivity index (χ0v) is 8.04. The number of nitrogens with zero attached hydrogens (tertiary/aromatic N) is 1. The van der Waals surface area contributed by atoms with Gasteiger partial charge < -0.3 is 5.73 Å². The van der Waals surface area contributed by atoms with Crippen molar-refractivity contribution < 1.29 is 4.79 Å². The minimum Gasteiger partial charge on any atom is -0.319 e. The first-order valence-electron chi connectivity index (χ1n) is 3.09. The summed E-state index contributed by atoms with van der Waals surface area (Å²) >= 11 is 1.41. The molecule has 1 rings (SSSR count). The van der Waals surface area contributed by atoms with Gasteiger partial charge in [0.1, 0.15) is 10.7 Å². The highest BCUT2D eigenvalue weighted by molar-refractivity contribution is 7.19. The van der Waals surface area contributed by atoms with Crippen LogP contribution in [0.2, 0.25) is 0 Å². The van der Waals surface area contributed by atoms with Crippen LogP contribution in [-0.4, -0.2) is 10.8 Å². The molecule has 0 aliphatic carbocycles. The van der Waals surface area contributed by atoms with Gasteiger partial charge in [-0.25, -0.2) is 4.98 Å². The normalized spacial score (nSPS) is 13.0. The van der Waals surface area contributed by atoms with Gasteiger partial charge >= 0.3 is 0 Å². The topological polar surface area (TPSA) is 56.0 Å². The smallest absolute Gasteiger partial charge is 0.178 e. The van der Waals surface area contributed by atoms with E-state index in [1.807, 2.05) is 0 Å². The van der Waals surface area contributed by atoms with Gasteiger partial charge in [-0.2, -0.15) is 0 Å². The number of ketones is 1. The highest BCUT2D eigenvalue weighted by atomic mass is 32.1. The molecule has 5 heteroatoms. The molecule has 11 heavy (non-hydrogen) atoms. The fourth-order valence-corrected chi connectivity index (χ4v) is 1.67. The van der Waals surface area contributed by atoms with Crippen molar-refractivity contribution in [3.8, 4) is 0 Å². The third kappa shape index (κ3) is 2.06. The molecule has 0 aromatic carbocycles. The van der Waals surface area contributed by atoms with Gasteiger partial charge in [-0.05, 0) is 0 Å². The molecule has 1 heterocycles. The van der Waals surface area contributed by atoms with Crippen LogP contribution in [0.15, 0.2) is 5.38 Å². The van der Waals surface area contributed by atoms with Crippen LogP contribution >= 0.6 is 20.6 Å². The Morgan fingerprint density at radius 3 is 2.82 bits per heavy atom. The fourth-order valence-electron chi connectivity index (χ4n) is 0.602. The van der Waals surface area contributed by atoms with E-state index in [0.717, 1.165) is 5.01 Å². The number of carbonyl (C=O) groups is 1. The van der Waals surface area contributed by atoms with Crippen molar-refractivity contribution in [2.75, 3.05) is 0 Å². The number of carbonyl (C=O) groups excluding carboxylic acids is 1. The summed E-state index contributed by atoms with van der Waals surface area (Å²) in [4.78, 5) is 14.8. The van der Waals surface area contributed by atoms with Crippen LogP contribution in [-0.2, 0) is 0 Å². The van der Waals surface area contributed by atoms with Crippen molar-refractivity contribution in [1.29, 1.82) is 0 Å². The average Bonchev–Trinajstić information content (AvgIpc) is 2.33. The van der Waals surface area contributed by atoms with Crippen molar-refractivity contribution in [3.63, 3.8) is 0 Å². The number of Topliss-reactive ketones (excluding diaryl/α,β-unsaturated/α-hetero) is 1. The average molecular weight is 188 g/mol. The molecule has 0 fully saturated rings. The Morgan fingerprint density at radius 1 is 1.91 bits per heavy atom. The van der Waals surface area contributed by atoms with Crippen LogP contribution in [0.4, 0.5) is 0 Å². The Labute approximate surface area is 71.2 Å². The Balaban J connectivity index is 2.90. The van der Waals surface area contributed by atoms with Crippen molar-refractivity contribution in [3.05, 3.63) is 16.1 Å². The Morgan fingerprint density at radius 2 is 2.55 bits per heavy atom. The van der Waals surface area contributed by atoms with Gasteiger partial charge in [0.25, 0.3) is 0 Å². The van der Waals surface area contributed by atoms with E-state index >= 15 is 0 Å². The monoisotopic (exact) mass is 188 g/mol. The lowest BCUT2D eigenvalue weighted by atomic mass is 10.4. The maximum absolute atomic E-state index is 10.8. The summed E-state index contributed by atoms with van der Waals surface area (Å²) in [5.74, 6) is -0.175. The SMILES string of the molecule is CC(=O)c1csc([C@H](N)P)n1. The van der Waals surface area contributed by atoms with E-state index in [-0.39, 0.29) is 11.6 Å². The second-order valence-corrected chi connectivity index (χ2v) is 3.76. The summed E-state index contributed by atoms with van der Waals surface area (Å²) in [6.45, 7) is 1.49. The van der Waals surface area contributed by atoms with Gasteiger partial charge in [0.05, 0.1) is 5.78 Å². The first kappa shape index (κ1) is 8.78. The molecule has 1 unspecified atom stereocenters. The molecule has 1 aromatic rings. The van der Waals surface area contributed by atoms with E-state index in [2.05, 4.69) is 14.2 Å². The molecule has 0 amide bonds. The Kier molecular flexibility index (Phi) is 2.71. The number of thiazole rings is 1. The van der Waals surface area contributed by atoms with E-state index in [1.165, 1.54) is 18.3 Å². The van der Waals surface area contributed by atoms with Crippen LogP contribution in [0.5, 0.6) is 0 Å². The van der Waals surface area contributed by atoms with Crippen molar-refractivity contribution in [2.45, 2.75) is 12.7 Å². The fraction of sp³-hybridized carbons (Fsp3) is 0.333. The summed E-state index contributed by atoms with van der Waals surface area (Å²) in [5, 5.41) is 2.50. The lowest BCUT2D eigenvalue weighted by molar-refractivity contribution is 0.101. The maximum atomic E-state index is 10.8. The number of hydrogen-bond donors (Lipinski definition) is 1. The van der Waals surface area contributed by atoms with E-state index in [0.29, 0.717) is 5.69 Å². The summed E-state index contributed by atoms with van der Waals surface area (Å²) < 4.78 is 0. The molecular weight excluding hydrogens is 179 g/mol. The molecule has 2 N–H and O–H groups in total. The highest BCUT2D eigenvalue weighted by Crippen LogP contribution is 2.20. The summed E-state index contributed by atoms with van der Waals surface area (Å²) in [5.41, 5.74) is 6.03. The van der Waals surface area contributed by atoms with Crippen molar-refractivity contribution in [1.82, 2.24) is 4.98 Å². The van der Waals surface area contributed by atoms with E-state index in [1.54, 1.807) is 5.38 Å². The van der Waals surface area contributed by atoms with E-state index in [9.17, 15) is 4.79 Å². The first-order chi connectivity index (χ1) is 5.11. The summed E-state index contributed by atoms with van der Waals surface area (Å²) in [6, 6.07) is 0. The van der Waals surface area contributed by atoms with E-state index < -0.39 is 0 Å². The minimum atomic E-state index is -0.159.